The Kier molecular flexibility index (Phi) is 3.98. The van der Waals surface area contributed by atoms with Gasteiger partial charge in [0.15, 0.2) is 5.92 Å². The molecule has 0 saturated heterocycles. The Morgan fingerprint density at radius 1 is 1.41 bits per heavy atom. The molecule has 0 aliphatic rings. The second kappa shape index (κ2) is 5.07. The topological polar surface area (TPSA) is 49.3 Å². The van der Waals surface area contributed by atoms with E-state index in [0.717, 1.165) is 5.56 Å². The quantitative estimate of drug-likeness (QED) is 0.860. The van der Waals surface area contributed by atoms with Gasteiger partial charge in [-0.25, -0.2) is 0 Å². The van der Waals surface area contributed by atoms with Crippen molar-refractivity contribution in [1.29, 1.82) is 0 Å². The van der Waals surface area contributed by atoms with E-state index in [9.17, 15) is 18.0 Å². The first-order valence-electron chi connectivity index (χ1n) is 4.91. The number of anilines is 1. The third kappa shape index (κ3) is 3.65. The van der Waals surface area contributed by atoms with Crippen molar-refractivity contribution in [2.24, 2.45) is 5.92 Å². The number of carboxylic acids is 1. The lowest BCUT2D eigenvalue weighted by molar-refractivity contribution is -0.190. The molecule has 0 amide bonds. The van der Waals surface area contributed by atoms with E-state index in [4.69, 9.17) is 5.11 Å². The fraction of sp³-hybridized carbons (Fsp3) is 0.364. The molecule has 0 radical (unpaired) electrons. The van der Waals surface area contributed by atoms with Crippen molar-refractivity contribution in [3.8, 4) is 0 Å². The van der Waals surface area contributed by atoms with Crippen LogP contribution in [-0.4, -0.2) is 23.8 Å². The normalized spacial score (nSPS) is 13.2. The van der Waals surface area contributed by atoms with Gasteiger partial charge in [-0.2, -0.15) is 13.2 Å². The highest BCUT2D eigenvalue weighted by atomic mass is 19.4. The number of hydrogen-bond donors (Lipinski definition) is 2. The first-order valence-corrected chi connectivity index (χ1v) is 4.91. The number of nitrogens with one attached hydrogen (secondary N) is 1. The summed E-state index contributed by atoms with van der Waals surface area (Å²) >= 11 is 0. The van der Waals surface area contributed by atoms with Gasteiger partial charge in [-0.05, 0) is 18.6 Å². The molecule has 3 nitrogen and oxygen atoms in total. The maximum Gasteiger partial charge on any atom is 0.403 e. The summed E-state index contributed by atoms with van der Waals surface area (Å²) in [7, 11) is 0. The van der Waals surface area contributed by atoms with Gasteiger partial charge in [-0.15, -0.1) is 0 Å². The number of carboxylic acid groups (broad SMARTS) is 1. The number of aryl methyl sites for hydroxylation is 1. The Morgan fingerprint density at radius 3 is 2.47 bits per heavy atom. The van der Waals surface area contributed by atoms with Crippen molar-refractivity contribution in [2.75, 3.05) is 11.9 Å². The van der Waals surface area contributed by atoms with Gasteiger partial charge in [0.05, 0.1) is 0 Å². The van der Waals surface area contributed by atoms with Crippen molar-refractivity contribution in [1.82, 2.24) is 0 Å². The van der Waals surface area contributed by atoms with E-state index in [1.165, 1.54) is 0 Å². The number of carbonyl (C=O) groups is 1. The maximum absolute atomic E-state index is 12.4. The first kappa shape index (κ1) is 13.3. The smallest absolute Gasteiger partial charge is 0.403 e. The molecule has 0 aliphatic carbocycles. The summed E-state index contributed by atoms with van der Waals surface area (Å²) in [5.41, 5.74) is 1.27. The molecule has 1 aromatic carbocycles. The van der Waals surface area contributed by atoms with Crippen LogP contribution < -0.4 is 5.32 Å². The van der Waals surface area contributed by atoms with E-state index in [1.54, 1.807) is 31.2 Å². The summed E-state index contributed by atoms with van der Waals surface area (Å²) in [4.78, 5) is 10.5. The highest BCUT2D eigenvalue weighted by Crippen LogP contribution is 2.27. The first-order chi connectivity index (χ1) is 7.82. The van der Waals surface area contributed by atoms with Gasteiger partial charge < -0.3 is 10.4 Å². The van der Waals surface area contributed by atoms with Crippen LogP contribution in [0.3, 0.4) is 0 Å². The zero-order chi connectivity index (χ0) is 13.1. The van der Waals surface area contributed by atoms with Gasteiger partial charge in [0.1, 0.15) is 0 Å². The Morgan fingerprint density at radius 2 is 2.00 bits per heavy atom. The van der Waals surface area contributed by atoms with Crippen LogP contribution in [0.15, 0.2) is 24.3 Å². The lowest BCUT2D eigenvalue weighted by Gasteiger charge is -2.18. The molecule has 0 spiro atoms. The molecular weight excluding hydrogens is 235 g/mol. The van der Waals surface area contributed by atoms with Gasteiger partial charge >= 0.3 is 12.1 Å². The summed E-state index contributed by atoms with van der Waals surface area (Å²) in [6, 6.07) is 6.74. The summed E-state index contributed by atoms with van der Waals surface area (Å²) in [6.45, 7) is 1.05. The van der Waals surface area contributed by atoms with E-state index < -0.39 is 24.6 Å². The minimum Gasteiger partial charge on any atom is -0.481 e. The molecule has 6 heteroatoms. The summed E-state index contributed by atoms with van der Waals surface area (Å²) in [5, 5.41) is 11.0. The lowest BCUT2D eigenvalue weighted by atomic mass is 10.1. The molecule has 0 aromatic heterocycles. The third-order valence-corrected chi connectivity index (χ3v) is 2.33. The highest BCUT2D eigenvalue weighted by Gasteiger charge is 2.44. The molecule has 17 heavy (non-hydrogen) atoms. The molecule has 0 saturated carbocycles. The molecule has 0 bridgehead atoms. The van der Waals surface area contributed by atoms with Crippen molar-refractivity contribution >= 4 is 11.7 Å². The van der Waals surface area contributed by atoms with Crippen LogP contribution in [0.2, 0.25) is 0 Å². The standard InChI is InChI=1S/C11H12F3NO2/c1-7-4-2-3-5-9(7)15-6-8(10(16)17)11(12,13)14/h2-5,8,15H,6H2,1H3,(H,16,17). The number of halogens is 3. The largest absolute Gasteiger partial charge is 0.481 e. The van der Waals surface area contributed by atoms with Crippen molar-refractivity contribution in [2.45, 2.75) is 13.1 Å². The van der Waals surface area contributed by atoms with Crippen LogP contribution in [0.5, 0.6) is 0 Å². The highest BCUT2D eigenvalue weighted by molar-refractivity contribution is 5.72. The second-order valence-corrected chi connectivity index (χ2v) is 3.63. The molecule has 94 valence electrons. The Hall–Kier alpha value is -1.72. The van der Waals surface area contributed by atoms with Crippen LogP contribution in [0.25, 0.3) is 0 Å². The predicted octanol–water partition coefficient (Wildman–Crippen LogP) is 2.67. The molecule has 2 N–H and O–H groups in total. The van der Waals surface area contributed by atoms with E-state index in [0.29, 0.717) is 5.69 Å². The molecule has 1 aromatic rings. The van der Waals surface area contributed by atoms with Crippen molar-refractivity contribution in [3.05, 3.63) is 29.8 Å². The average Bonchev–Trinajstić information content (AvgIpc) is 2.18. The molecule has 1 unspecified atom stereocenters. The van der Waals surface area contributed by atoms with Crippen molar-refractivity contribution in [3.63, 3.8) is 0 Å². The molecule has 0 heterocycles. The van der Waals surface area contributed by atoms with Gasteiger partial charge in [-0.1, -0.05) is 18.2 Å². The second-order valence-electron chi connectivity index (χ2n) is 3.63. The average molecular weight is 247 g/mol. The summed E-state index contributed by atoms with van der Waals surface area (Å²) in [5.74, 6) is -4.28. The van der Waals surface area contributed by atoms with Crippen molar-refractivity contribution < 1.29 is 23.1 Å². The van der Waals surface area contributed by atoms with E-state index in [2.05, 4.69) is 5.32 Å². The van der Waals surface area contributed by atoms with E-state index >= 15 is 0 Å². The SMILES string of the molecule is Cc1ccccc1NCC(C(=O)O)C(F)(F)F. The van der Waals surface area contributed by atoms with Crippen LogP contribution in [0.1, 0.15) is 5.56 Å². The number of alkyl halides is 3. The fourth-order valence-corrected chi connectivity index (χ4v) is 1.33. The van der Waals surface area contributed by atoms with Crippen LogP contribution in [0.4, 0.5) is 18.9 Å². The summed E-state index contributed by atoms with van der Waals surface area (Å²) in [6.07, 6.45) is -4.75. The van der Waals surface area contributed by atoms with Gasteiger partial charge in [0, 0.05) is 12.2 Å². The van der Waals surface area contributed by atoms with Crippen LogP contribution in [-0.2, 0) is 4.79 Å². The molecule has 1 atom stereocenters. The molecule has 1 rings (SSSR count). The zero-order valence-electron chi connectivity index (χ0n) is 9.08. The number of para-hydroxylation sites is 1. The minimum atomic E-state index is -4.75. The summed E-state index contributed by atoms with van der Waals surface area (Å²) < 4.78 is 37.1. The van der Waals surface area contributed by atoms with Crippen LogP contribution in [0, 0.1) is 12.8 Å². The lowest BCUT2D eigenvalue weighted by Crippen LogP contribution is -2.36. The van der Waals surface area contributed by atoms with E-state index in [-0.39, 0.29) is 0 Å². The third-order valence-electron chi connectivity index (χ3n) is 2.33. The number of rotatable bonds is 4. The molecule has 0 fully saturated rings. The van der Waals surface area contributed by atoms with Gasteiger partial charge in [-0.3, -0.25) is 4.79 Å². The van der Waals surface area contributed by atoms with Gasteiger partial charge in [0.25, 0.3) is 0 Å². The zero-order valence-corrected chi connectivity index (χ0v) is 9.08. The number of hydrogen-bond acceptors (Lipinski definition) is 2. The molecule has 0 aliphatic heterocycles. The fourth-order valence-electron chi connectivity index (χ4n) is 1.33. The Balaban J connectivity index is 2.72. The Labute approximate surface area is 96.3 Å². The predicted molar refractivity (Wildman–Crippen MR) is 56.8 cm³/mol. The number of aliphatic carboxylic acids is 1. The van der Waals surface area contributed by atoms with E-state index in [1.807, 2.05) is 0 Å². The Bertz CT molecular complexity index is 404. The van der Waals surface area contributed by atoms with Gasteiger partial charge in [0.2, 0.25) is 0 Å². The monoisotopic (exact) mass is 247 g/mol. The van der Waals surface area contributed by atoms with Crippen LogP contribution >= 0.6 is 0 Å². The molecular formula is C11H12F3NO2. The number of benzene rings is 1. The minimum absolute atomic E-state index is 0.503. The maximum atomic E-state index is 12.4.